The molecule has 16 heavy (non-hydrogen) atoms. The summed E-state index contributed by atoms with van der Waals surface area (Å²) < 4.78 is 37.3. The highest BCUT2D eigenvalue weighted by Gasteiger charge is 2.30. The van der Waals surface area contributed by atoms with Crippen molar-refractivity contribution < 1.29 is 13.2 Å². The van der Waals surface area contributed by atoms with Crippen molar-refractivity contribution in [2.24, 2.45) is 5.73 Å². The first kappa shape index (κ1) is 12.8. The minimum absolute atomic E-state index is 0.0601. The lowest BCUT2D eigenvalue weighted by atomic mass is 10.1. The molecule has 0 aliphatic rings. The first-order valence-electron chi connectivity index (χ1n) is 4.54. The summed E-state index contributed by atoms with van der Waals surface area (Å²) in [5.74, 6) is 0. The molecule has 0 radical (unpaired) electrons. The Hall–Kier alpha value is -1.30. The molecule has 1 atom stereocenters. The minimum Gasteiger partial charge on any atom is -0.376 e. The quantitative estimate of drug-likeness (QED) is 0.790. The summed E-state index contributed by atoms with van der Waals surface area (Å²) in [5, 5.41) is 2.74. The van der Waals surface area contributed by atoms with Gasteiger partial charge >= 0.3 is 6.18 Å². The fraction of sp³-hybridized carbons (Fsp3) is 0.300. The molecular formula is C10H11F3N2S. The van der Waals surface area contributed by atoms with E-state index in [1.807, 2.05) is 0 Å². The first-order chi connectivity index (χ1) is 7.30. The highest BCUT2D eigenvalue weighted by molar-refractivity contribution is 7.80. The predicted octanol–water partition coefficient (Wildman–Crippen LogP) is 2.60. The van der Waals surface area contributed by atoms with Crippen LogP contribution in [-0.2, 0) is 6.18 Å². The molecule has 0 aliphatic carbocycles. The van der Waals surface area contributed by atoms with Crippen LogP contribution in [0.3, 0.4) is 0 Å². The van der Waals surface area contributed by atoms with Crippen LogP contribution < -0.4 is 11.1 Å². The van der Waals surface area contributed by atoms with Crippen LogP contribution in [0.25, 0.3) is 0 Å². The Morgan fingerprint density at radius 2 is 2.06 bits per heavy atom. The van der Waals surface area contributed by atoms with Gasteiger partial charge in [0.05, 0.1) is 11.6 Å². The Bertz CT molecular complexity index is 390. The summed E-state index contributed by atoms with van der Waals surface area (Å²) in [4.78, 5) is 0. The van der Waals surface area contributed by atoms with E-state index in [1.54, 1.807) is 13.0 Å². The normalized spacial score (nSPS) is 13.2. The molecule has 2 nitrogen and oxygen atoms in total. The predicted molar refractivity (Wildman–Crippen MR) is 59.8 cm³/mol. The topological polar surface area (TPSA) is 38.0 Å². The third-order valence-electron chi connectivity index (χ3n) is 2.07. The summed E-state index contributed by atoms with van der Waals surface area (Å²) in [5.41, 5.74) is 5.06. The average molecular weight is 248 g/mol. The molecule has 88 valence electrons. The first-order valence-corrected chi connectivity index (χ1v) is 4.94. The molecule has 0 fully saturated rings. The van der Waals surface area contributed by atoms with Crippen molar-refractivity contribution in [3.8, 4) is 0 Å². The fourth-order valence-electron chi connectivity index (χ4n) is 1.28. The van der Waals surface area contributed by atoms with E-state index in [0.717, 1.165) is 12.1 Å². The van der Waals surface area contributed by atoms with E-state index in [1.165, 1.54) is 6.07 Å². The Morgan fingerprint density at radius 3 is 2.56 bits per heavy atom. The van der Waals surface area contributed by atoms with Crippen LogP contribution in [0.2, 0.25) is 0 Å². The van der Waals surface area contributed by atoms with Gasteiger partial charge in [-0.1, -0.05) is 12.1 Å². The molecule has 1 aromatic rings. The van der Waals surface area contributed by atoms with Crippen LogP contribution in [-0.4, -0.2) is 5.11 Å². The van der Waals surface area contributed by atoms with Gasteiger partial charge in [0.15, 0.2) is 5.11 Å². The number of rotatable bonds is 2. The van der Waals surface area contributed by atoms with E-state index < -0.39 is 11.7 Å². The number of nitrogens with one attached hydrogen (secondary N) is 1. The van der Waals surface area contributed by atoms with Gasteiger partial charge in [0, 0.05) is 0 Å². The number of hydrogen-bond acceptors (Lipinski definition) is 1. The second kappa shape index (κ2) is 4.69. The van der Waals surface area contributed by atoms with Crippen LogP contribution in [0, 0.1) is 0 Å². The van der Waals surface area contributed by atoms with Gasteiger partial charge in [-0.2, -0.15) is 13.2 Å². The van der Waals surface area contributed by atoms with Crippen molar-refractivity contribution in [1.29, 1.82) is 0 Å². The van der Waals surface area contributed by atoms with Gasteiger partial charge in [0.25, 0.3) is 0 Å². The lowest BCUT2D eigenvalue weighted by Crippen LogP contribution is -2.31. The second-order valence-corrected chi connectivity index (χ2v) is 3.79. The van der Waals surface area contributed by atoms with Gasteiger partial charge in [-0.15, -0.1) is 0 Å². The number of alkyl halides is 3. The molecule has 0 saturated heterocycles. The minimum atomic E-state index is -4.33. The van der Waals surface area contributed by atoms with Crippen molar-refractivity contribution in [2.45, 2.75) is 19.1 Å². The van der Waals surface area contributed by atoms with Crippen LogP contribution in [0.1, 0.15) is 24.1 Å². The lowest BCUT2D eigenvalue weighted by molar-refractivity contribution is -0.137. The molecule has 0 spiro atoms. The van der Waals surface area contributed by atoms with Crippen molar-refractivity contribution in [2.75, 3.05) is 0 Å². The standard InChI is InChI=1S/C10H11F3N2S/c1-6(15-9(14)16)7-3-2-4-8(5-7)10(11,12)13/h2-6H,1H3,(H3,14,15,16)/t6-/m0/s1. The molecular weight excluding hydrogens is 237 g/mol. The van der Waals surface area contributed by atoms with E-state index in [4.69, 9.17) is 5.73 Å². The van der Waals surface area contributed by atoms with E-state index in [2.05, 4.69) is 17.5 Å². The highest BCUT2D eigenvalue weighted by atomic mass is 32.1. The summed E-state index contributed by atoms with van der Waals surface area (Å²) in [7, 11) is 0. The maximum absolute atomic E-state index is 12.4. The number of halogens is 3. The smallest absolute Gasteiger partial charge is 0.376 e. The third-order valence-corrected chi connectivity index (χ3v) is 2.19. The number of hydrogen-bond donors (Lipinski definition) is 2. The van der Waals surface area contributed by atoms with Crippen LogP contribution in [0.4, 0.5) is 13.2 Å². The summed E-state index contributed by atoms with van der Waals surface area (Å²) in [6, 6.07) is 4.70. The van der Waals surface area contributed by atoms with Crippen LogP contribution in [0.5, 0.6) is 0 Å². The number of benzene rings is 1. The third kappa shape index (κ3) is 3.37. The van der Waals surface area contributed by atoms with E-state index in [9.17, 15) is 13.2 Å². The van der Waals surface area contributed by atoms with Gasteiger partial charge in [0.1, 0.15) is 0 Å². The van der Waals surface area contributed by atoms with Crippen LogP contribution >= 0.6 is 12.2 Å². The molecule has 6 heteroatoms. The summed E-state index contributed by atoms with van der Waals surface area (Å²) >= 11 is 4.62. The van der Waals surface area contributed by atoms with Gasteiger partial charge in [0.2, 0.25) is 0 Å². The largest absolute Gasteiger partial charge is 0.416 e. The molecule has 0 amide bonds. The molecule has 0 unspecified atom stereocenters. The molecule has 0 saturated carbocycles. The molecule has 0 bridgehead atoms. The monoisotopic (exact) mass is 248 g/mol. The van der Waals surface area contributed by atoms with Crippen molar-refractivity contribution in [1.82, 2.24) is 5.32 Å². The summed E-state index contributed by atoms with van der Waals surface area (Å²) in [6.45, 7) is 1.69. The molecule has 0 aromatic heterocycles. The molecule has 0 heterocycles. The Morgan fingerprint density at radius 1 is 1.44 bits per heavy atom. The SMILES string of the molecule is C[C@H](NC(N)=S)c1cccc(C(F)(F)F)c1. The maximum atomic E-state index is 12.4. The number of thiocarbonyl (C=S) groups is 1. The summed E-state index contributed by atoms with van der Waals surface area (Å²) in [6.07, 6.45) is -4.33. The van der Waals surface area contributed by atoms with E-state index in [-0.39, 0.29) is 11.2 Å². The zero-order valence-corrected chi connectivity index (χ0v) is 9.32. The van der Waals surface area contributed by atoms with Gasteiger partial charge in [-0.05, 0) is 36.8 Å². The van der Waals surface area contributed by atoms with Gasteiger partial charge in [-0.3, -0.25) is 0 Å². The molecule has 3 N–H and O–H groups in total. The molecule has 1 rings (SSSR count). The fourth-order valence-corrected chi connectivity index (χ4v) is 1.46. The second-order valence-electron chi connectivity index (χ2n) is 3.35. The lowest BCUT2D eigenvalue weighted by Gasteiger charge is -2.15. The van der Waals surface area contributed by atoms with Crippen molar-refractivity contribution in [3.63, 3.8) is 0 Å². The zero-order valence-electron chi connectivity index (χ0n) is 8.51. The molecule has 1 aromatic carbocycles. The highest BCUT2D eigenvalue weighted by Crippen LogP contribution is 2.30. The number of nitrogens with two attached hydrogens (primary N) is 1. The van der Waals surface area contributed by atoms with E-state index >= 15 is 0 Å². The Balaban J connectivity index is 2.94. The van der Waals surface area contributed by atoms with Crippen molar-refractivity contribution in [3.05, 3.63) is 35.4 Å². The average Bonchev–Trinajstić information content (AvgIpc) is 2.15. The maximum Gasteiger partial charge on any atom is 0.416 e. The Labute approximate surface area is 96.6 Å². The van der Waals surface area contributed by atoms with Gasteiger partial charge < -0.3 is 11.1 Å². The van der Waals surface area contributed by atoms with Gasteiger partial charge in [-0.25, -0.2) is 0 Å². The zero-order chi connectivity index (χ0) is 12.3. The van der Waals surface area contributed by atoms with Crippen LogP contribution in [0.15, 0.2) is 24.3 Å². The van der Waals surface area contributed by atoms with E-state index in [0.29, 0.717) is 5.56 Å². The molecule has 0 aliphatic heterocycles. The van der Waals surface area contributed by atoms with Crippen molar-refractivity contribution >= 4 is 17.3 Å². The Kier molecular flexibility index (Phi) is 3.74.